The Kier molecular flexibility index (Phi) is 7.64. The summed E-state index contributed by atoms with van der Waals surface area (Å²) in [6.45, 7) is -0.107. The van der Waals surface area contributed by atoms with E-state index in [9.17, 15) is 9.59 Å². The van der Waals surface area contributed by atoms with Crippen molar-refractivity contribution in [1.29, 1.82) is 0 Å². The second-order valence-corrected chi connectivity index (χ2v) is 6.49. The average molecular weight is 390 g/mol. The predicted molar refractivity (Wildman–Crippen MR) is 108 cm³/mol. The fourth-order valence-electron chi connectivity index (χ4n) is 3.03. The average Bonchev–Trinajstić information content (AvgIpc) is 3.08. The third-order valence-electron chi connectivity index (χ3n) is 4.37. The molecule has 1 fully saturated rings. The molecule has 2 unspecified atom stereocenters. The van der Waals surface area contributed by atoms with Gasteiger partial charge in [0.2, 0.25) is 5.91 Å². The van der Waals surface area contributed by atoms with Gasteiger partial charge >= 0.3 is 0 Å². The Labute approximate surface area is 164 Å². The van der Waals surface area contributed by atoms with Gasteiger partial charge < -0.3 is 21.1 Å². The summed E-state index contributed by atoms with van der Waals surface area (Å²) in [4.78, 5) is 24.2. The number of rotatable bonds is 6. The summed E-state index contributed by atoms with van der Waals surface area (Å²) in [6.07, 6.45) is 2.43. The van der Waals surface area contributed by atoms with Crippen LogP contribution in [-0.4, -0.2) is 24.5 Å². The van der Waals surface area contributed by atoms with Crippen LogP contribution in [0.5, 0.6) is 5.75 Å². The summed E-state index contributed by atoms with van der Waals surface area (Å²) in [5.74, 6) is 0.225. The number of nitrogens with two attached hydrogens (primary N) is 1. The molecule has 1 saturated carbocycles. The minimum atomic E-state index is -0.245. The first kappa shape index (κ1) is 20.7. The van der Waals surface area contributed by atoms with Gasteiger partial charge in [0.15, 0.2) is 6.61 Å². The summed E-state index contributed by atoms with van der Waals surface area (Å²) in [5, 5.41) is 5.65. The lowest BCUT2D eigenvalue weighted by atomic mass is 10.1. The second-order valence-electron chi connectivity index (χ2n) is 6.49. The molecular formula is C20H24ClN3O3. The lowest BCUT2D eigenvalue weighted by Gasteiger charge is -2.12. The van der Waals surface area contributed by atoms with Gasteiger partial charge in [-0.1, -0.05) is 24.3 Å². The number of nitrogens with one attached hydrogen (secondary N) is 2. The molecule has 4 N–H and O–H groups in total. The lowest BCUT2D eigenvalue weighted by Crippen LogP contribution is -2.23. The molecule has 144 valence electrons. The second kappa shape index (κ2) is 9.94. The van der Waals surface area contributed by atoms with Gasteiger partial charge in [0.05, 0.1) is 0 Å². The van der Waals surface area contributed by atoms with E-state index in [1.54, 1.807) is 24.3 Å². The van der Waals surface area contributed by atoms with Crippen LogP contribution in [0.3, 0.4) is 0 Å². The van der Waals surface area contributed by atoms with E-state index in [0.717, 1.165) is 24.9 Å². The van der Waals surface area contributed by atoms with E-state index >= 15 is 0 Å². The number of hydrogen-bond acceptors (Lipinski definition) is 4. The Morgan fingerprint density at radius 1 is 1.00 bits per heavy atom. The maximum Gasteiger partial charge on any atom is 0.262 e. The first-order valence-corrected chi connectivity index (χ1v) is 8.74. The minimum Gasteiger partial charge on any atom is -0.484 e. The Morgan fingerprint density at radius 3 is 2.44 bits per heavy atom. The van der Waals surface area contributed by atoms with E-state index in [0.29, 0.717) is 11.4 Å². The maximum absolute atomic E-state index is 12.3. The van der Waals surface area contributed by atoms with Gasteiger partial charge in [-0.15, -0.1) is 12.4 Å². The van der Waals surface area contributed by atoms with Crippen LogP contribution in [0.1, 0.15) is 19.3 Å². The highest BCUT2D eigenvalue weighted by molar-refractivity contribution is 5.93. The van der Waals surface area contributed by atoms with Gasteiger partial charge in [-0.05, 0) is 43.5 Å². The minimum absolute atomic E-state index is 0. The smallest absolute Gasteiger partial charge is 0.262 e. The molecule has 0 bridgehead atoms. The third-order valence-corrected chi connectivity index (χ3v) is 4.37. The molecule has 0 spiro atoms. The highest BCUT2D eigenvalue weighted by Gasteiger charge is 2.27. The number of amides is 2. The van der Waals surface area contributed by atoms with E-state index in [-0.39, 0.29) is 42.8 Å². The fourth-order valence-corrected chi connectivity index (χ4v) is 3.03. The molecule has 7 heteroatoms. The molecule has 3 rings (SSSR count). The molecule has 2 amide bonds. The normalized spacial score (nSPS) is 18.3. The zero-order chi connectivity index (χ0) is 18.4. The van der Waals surface area contributed by atoms with Gasteiger partial charge in [-0.2, -0.15) is 0 Å². The summed E-state index contributed by atoms with van der Waals surface area (Å²) >= 11 is 0. The molecule has 0 heterocycles. The third kappa shape index (κ3) is 6.27. The van der Waals surface area contributed by atoms with Crippen LogP contribution in [0.2, 0.25) is 0 Å². The van der Waals surface area contributed by atoms with E-state index in [1.165, 1.54) is 0 Å². The van der Waals surface area contributed by atoms with Gasteiger partial charge in [0.1, 0.15) is 5.75 Å². The quantitative estimate of drug-likeness (QED) is 0.707. The van der Waals surface area contributed by atoms with Crippen molar-refractivity contribution in [2.24, 2.45) is 11.7 Å². The molecule has 1 aliphatic carbocycles. The van der Waals surface area contributed by atoms with Crippen molar-refractivity contribution in [1.82, 2.24) is 0 Å². The van der Waals surface area contributed by atoms with Crippen LogP contribution in [0.4, 0.5) is 11.4 Å². The number of halogens is 1. The van der Waals surface area contributed by atoms with Gasteiger partial charge in [-0.3, -0.25) is 9.59 Å². The highest BCUT2D eigenvalue weighted by atomic mass is 35.5. The molecule has 0 aliphatic heterocycles. The molecule has 0 saturated heterocycles. The first-order valence-electron chi connectivity index (χ1n) is 8.74. The number of carbonyl (C=O) groups is 2. The molecule has 2 aromatic rings. The SMILES string of the molecule is Cl.NC1CCC(C(=O)Nc2cccc(OCC(=O)Nc3ccccc3)c2)C1. The van der Waals surface area contributed by atoms with Crippen molar-refractivity contribution >= 4 is 35.6 Å². The maximum atomic E-state index is 12.3. The van der Waals surface area contributed by atoms with Crippen LogP contribution >= 0.6 is 12.4 Å². The number of carbonyl (C=O) groups excluding carboxylic acids is 2. The molecular weight excluding hydrogens is 366 g/mol. The zero-order valence-electron chi connectivity index (χ0n) is 14.9. The Balaban J connectivity index is 0.00000261. The molecule has 6 nitrogen and oxygen atoms in total. The van der Waals surface area contributed by atoms with Crippen molar-refractivity contribution in [3.05, 3.63) is 54.6 Å². The number of benzene rings is 2. The number of para-hydroxylation sites is 1. The van der Waals surface area contributed by atoms with Crippen molar-refractivity contribution in [2.45, 2.75) is 25.3 Å². The van der Waals surface area contributed by atoms with Crippen LogP contribution in [-0.2, 0) is 9.59 Å². The van der Waals surface area contributed by atoms with Crippen molar-refractivity contribution in [3.63, 3.8) is 0 Å². The van der Waals surface area contributed by atoms with Crippen LogP contribution < -0.4 is 21.1 Å². The van der Waals surface area contributed by atoms with Gasteiger partial charge in [0, 0.05) is 29.4 Å². The first-order chi connectivity index (χ1) is 12.6. The topological polar surface area (TPSA) is 93.5 Å². The van der Waals surface area contributed by atoms with E-state index in [4.69, 9.17) is 10.5 Å². The zero-order valence-corrected chi connectivity index (χ0v) is 15.7. The van der Waals surface area contributed by atoms with Crippen LogP contribution in [0.15, 0.2) is 54.6 Å². The summed E-state index contributed by atoms with van der Waals surface area (Å²) in [7, 11) is 0. The van der Waals surface area contributed by atoms with Crippen molar-refractivity contribution < 1.29 is 14.3 Å². The van der Waals surface area contributed by atoms with E-state index in [1.807, 2.05) is 30.3 Å². The van der Waals surface area contributed by atoms with Crippen LogP contribution in [0.25, 0.3) is 0 Å². The van der Waals surface area contributed by atoms with Crippen molar-refractivity contribution in [3.8, 4) is 5.75 Å². The standard InChI is InChI=1S/C20H23N3O3.ClH/c21-15-10-9-14(11-15)20(25)23-17-7-4-8-18(12-17)26-13-19(24)22-16-5-2-1-3-6-16;/h1-8,12,14-15H,9-11,13,21H2,(H,22,24)(H,23,25);1H. The summed E-state index contributed by atoms with van der Waals surface area (Å²) in [5.41, 5.74) is 7.23. The molecule has 27 heavy (non-hydrogen) atoms. The number of anilines is 2. The largest absolute Gasteiger partial charge is 0.484 e. The van der Waals surface area contributed by atoms with E-state index in [2.05, 4.69) is 10.6 Å². The van der Waals surface area contributed by atoms with E-state index < -0.39 is 0 Å². The molecule has 1 aliphatic rings. The molecule has 2 atom stereocenters. The van der Waals surface area contributed by atoms with Gasteiger partial charge in [-0.25, -0.2) is 0 Å². The number of hydrogen-bond donors (Lipinski definition) is 3. The van der Waals surface area contributed by atoms with Crippen LogP contribution in [0, 0.1) is 5.92 Å². The van der Waals surface area contributed by atoms with Gasteiger partial charge in [0.25, 0.3) is 5.91 Å². The molecule has 2 aromatic carbocycles. The number of ether oxygens (including phenoxy) is 1. The molecule has 0 radical (unpaired) electrons. The lowest BCUT2D eigenvalue weighted by molar-refractivity contribution is -0.120. The Hall–Kier alpha value is -2.57. The monoisotopic (exact) mass is 389 g/mol. The summed E-state index contributed by atoms with van der Waals surface area (Å²) < 4.78 is 5.52. The predicted octanol–water partition coefficient (Wildman–Crippen LogP) is 3.19. The highest BCUT2D eigenvalue weighted by Crippen LogP contribution is 2.26. The summed E-state index contributed by atoms with van der Waals surface area (Å²) in [6, 6.07) is 16.3. The Bertz CT molecular complexity index is 770. The molecule has 0 aromatic heterocycles. The Morgan fingerprint density at radius 2 is 1.74 bits per heavy atom. The fraction of sp³-hybridized carbons (Fsp3) is 0.300. The van der Waals surface area contributed by atoms with Crippen molar-refractivity contribution in [2.75, 3.05) is 17.2 Å².